The third kappa shape index (κ3) is 39.9. The van der Waals surface area contributed by atoms with Crippen LogP contribution in [0.4, 0.5) is 0 Å². The van der Waals surface area contributed by atoms with Crippen LogP contribution < -0.4 is 5.73 Å². The molecule has 0 aliphatic heterocycles. The van der Waals surface area contributed by atoms with Crippen molar-refractivity contribution in [2.24, 2.45) is 5.73 Å². The van der Waals surface area contributed by atoms with Crippen molar-refractivity contribution < 1.29 is 32.8 Å². The van der Waals surface area contributed by atoms with Gasteiger partial charge in [0.25, 0.3) is 0 Å². The minimum Gasteiger partial charge on any atom is -0.457 e. The molecule has 0 heterocycles. The Morgan fingerprint density at radius 3 is 1.52 bits per heavy atom. The molecule has 0 aromatic heterocycles. The number of carbonyl (C=O) groups is 1. The Morgan fingerprint density at radius 1 is 0.577 bits per heavy atom. The van der Waals surface area contributed by atoms with Crippen molar-refractivity contribution in [2.75, 3.05) is 33.0 Å². The van der Waals surface area contributed by atoms with Gasteiger partial charge in [0.1, 0.15) is 6.10 Å². The molecule has 52 heavy (non-hydrogen) atoms. The van der Waals surface area contributed by atoms with E-state index >= 15 is 0 Å². The third-order valence-electron chi connectivity index (χ3n) is 9.06. The summed E-state index contributed by atoms with van der Waals surface area (Å²) < 4.78 is 33.3. The molecule has 0 aliphatic carbocycles. The van der Waals surface area contributed by atoms with Crippen molar-refractivity contribution in [3.63, 3.8) is 0 Å². The van der Waals surface area contributed by atoms with Gasteiger partial charge in [-0.05, 0) is 51.4 Å². The molecule has 9 heteroatoms. The Kier molecular flexibility index (Phi) is 39.9. The molecule has 0 fully saturated rings. The topological polar surface area (TPSA) is 117 Å². The maximum atomic E-state index is 12.6. The molecule has 0 aromatic rings. The van der Waals surface area contributed by atoms with Crippen LogP contribution in [0.25, 0.3) is 0 Å². The van der Waals surface area contributed by atoms with Gasteiger partial charge in [0.05, 0.1) is 19.8 Å². The fraction of sp³-hybridized carbons (Fsp3) is 0.837. The van der Waals surface area contributed by atoms with Crippen LogP contribution in [0, 0.1) is 0 Å². The van der Waals surface area contributed by atoms with Crippen molar-refractivity contribution in [2.45, 2.75) is 200 Å². The maximum Gasteiger partial charge on any atom is 0.472 e. The van der Waals surface area contributed by atoms with Crippen LogP contribution in [0.1, 0.15) is 194 Å². The van der Waals surface area contributed by atoms with Crippen LogP contribution >= 0.6 is 7.82 Å². The number of carbonyl (C=O) groups excluding carboxylic acids is 1. The largest absolute Gasteiger partial charge is 0.472 e. The van der Waals surface area contributed by atoms with E-state index in [1.165, 1.54) is 122 Å². The summed E-state index contributed by atoms with van der Waals surface area (Å²) >= 11 is 0. The van der Waals surface area contributed by atoms with Gasteiger partial charge in [0, 0.05) is 19.6 Å². The molecule has 0 radical (unpaired) electrons. The highest BCUT2D eigenvalue weighted by atomic mass is 31.2. The van der Waals surface area contributed by atoms with Gasteiger partial charge < -0.3 is 20.1 Å². The van der Waals surface area contributed by atoms with Crippen LogP contribution in [-0.2, 0) is 27.9 Å². The first-order valence-corrected chi connectivity index (χ1v) is 23.0. The maximum absolute atomic E-state index is 12.6. The number of allylic oxidation sites excluding steroid dienone is 6. The van der Waals surface area contributed by atoms with E-state index in [-0.39, 0.29) is 32.3 Å². The first kappa shape index (κ1) is 50.7. The van der Waals surface area contributed by atoms with Crippen LogP contribution in [0.3, 0.4) is 0 Å². The van der Waals surface area contributed by atoms with E-state index in [0.29, 0.717) is 13.0 Å². The molecular weight excluding hydrogens is 673 g/mol. The van der Waals surface area contributed by atoms with E-state index in [1.807, 2.05) is 0 Å². The molecule has 2 atom stereocenters. The van der Waals surface area contributed by atoms with Gasteiger partial charge >= 0.3 is 13.8 Å². The molecule has 8 nitrogen and oxygen atoms in total. The molecule has 0 spiro atoms. The average Bonchev–Trinajstić information content (AvgIpc) is 3.13. The Balaban J connectivity index is 3.98. The SMILES string of the molecule is CCCCCCC/C=C\C/C=C\C/C=C\CCCCCCCCCCC(=O)OC(COCCCCCCCCCCCC)COP(=O)(O)OCCN. The summed E-state index contributed by atoms with van der Waals surface area (Å²) in [5, 5.41) is 0. The lowest BCUT2D eigenvalue weighted by Gasteiger charge is -2.20. The number of hydrogen-bond acceptors (Lipinski definition) is 7. The number of nitrogens with two attached hydrogens (primary N) is 1. The van der Waals surface area contributed by atoms with E-state index in [9.17, 15) is 14.3 Å². The fourth-order valence-corrected chi connectivity index (χ4v) is 6.65. The Labute approximate surface area is 320 Å². The number of phosphoric ester groups is 1. The molecule has 0 aromatic carbocycles. The number of rotatable bonds is 41. The van der Waals surface area contributed by atoms with Crippen molar-refractivity contribution in [3.05, 3.63) is 36.5 Å². The minimum absolute atomic E-state index is 0.0964. The zero-order valence-electron chi connectivity index (χ0n) is 33.8. The molecule has 0 bridgehead atoms. The number of ether oxygens (including phenoxy) is 2. The molecule has 0 aliphatic rings. The summed E-state index contributed by atoms with van der Waals surface area (Å²) in [4.78, 5) is 22.4. The van der Waals surface area contributed by atoms with E-state index < -0.39 is 13.9 Å². The van der Waals surface area contributed by atoms with Crippen LogP contribution in [0.15, 0.2) is 36.5 Å². The minimum atomic E-state index is -4.27. The Bertz CT molecular complexity index is 895. The zero-order valence-corrected chi connectivity index (χ0v) is 34.7. The van der Waals surface area contributed by atoms with Crippen LogP contribution in [-0.4, -0.2) is 49.9 Å². The number of unbranched alkanes of at least 4 members (excludes halogenated alkanes) is 22. The molecule has 3 N–H and O–H groups in total. The standard InChI is InChI=1S/C43H82NO7P/c1-3-5-7-9-11-13-15-16-17-18-19-20-21-22-23-24-25-26-27-28-30-32-34-36-43(45)51-42(41-50-52(46,47)49-39-37-44)40-48-38-35-33-31-29-14-12-10-8-6-4-2/h15-16,18-19,21-22,42H,3-14,17,20,23-41,44H2,1-2H3,(H,46,47)/b16-15-,19-18-,22-21-. The molecule has 306 valence electrons. The van der Waals surface area contributed by atoms with Crippen LogP contribution in [0.5, 0.6) is 0 Å². The lowest BCUT2D eigenvalue weighted by molar-refractivity contribution is -0.154. The summed E-state index contributed by atoms with van der Waals surface area (Å²) in [6.45, 7) is 4.90. The zero-order chi connectivity index (χ0) is 38.1. The highest BCUT2D eigenvalue weighted by Crippen LogP contribution is 2.43. The van der Waals surface area contributed by atoms with Crippen molar-refractivity contribution in [3.8, 4) is 0 Å². The first-order chi connectivity index (χ1) is 25.4. The second-order valence-corrected chi connectivity index (χ2v) is 15.7. The normalized spacial score (nSPS) is 13.8. The molecule has 2 unspecified atom stereocenters. The lowest BCUT2D eigenvalue weighted by Crippen LogP contribution is -2.28. The molecule has 0 saturated heterocycles. The summed E-state index contributed by atoms with van der Waals surface area (Å²) in [5.41, 5.74) is 5.36. The monoisotopic (exact) mass is 756 g/mol. The molecule has 0 saturated carbocycles. The van der Waals surface area contributed by atoms with E-state index in [4.69, 9.17) is 24.3 Å². The Hall–Kier alpha value is -1.28. The Morgan fingerprint density at radius 2 is 1.02 bits per heavy atom. The first-order valence-electron chi connectivity index (χ1n) is 21.5. The number of phosphoric acid groups is 1. The molecule has 0 amide bonds. The number of esters is 1. The summed E-state index contributed by atoms with van der Waals surface area (Å²) in [7, 11) is -4.27. The third-order valence-corrected chi connectivity index (χ3v) is 10.0. The smallest absolute Gasteiger partial charge is 0.457 e. The summed E-state index contributed by atoms with van der Waals surface area (Å²) in [6.07, 6.45) is 45.9. The van der Waals surface area contributed by atoms with E-state index in [1.54, 1.807) is 0 Å². The van der Waals surface area contributed by atoms with Gasteiger partial charge in [0.2, 0.25) is 0 Å². The quantitative estimate of drug-likeness (QED) is 0.0274. The van der Waals surface area contributed by atoms with Gasteiger partial charge in [-0.1, -0.05) is 172 Å². The van der Waals surface area contributed by atoms with Crippen LogP contribution in [0.2, 0.25) is 0 Å². The highest BCUT2D eigenvalue weighted by molar-refractivity contribution is 7.47. The van der Waals surface area contributed by atoms with Crippen molar-refractivity contribution in [1.82, 2.24) is 0 Å². The predicted octanol–water partition coefficient (Wildman–Crippen LogP) is 12.6. The lowest BCUT2D eigenvalue weighted by atomic mass is 10.1. The summed E-state index contributed by atoms with van der Waals surface area (Å²) in [6, 6.07) is 0. The van der Waals surface area contributed by atoms with Gasteiger partial charge in [0.15, 0.2) is 0 Å². The molecular formula is C43H82NO7P. The van der Waals surface area contributed by atoms with Crippen molar-refractivity contribution >= 4 is 13.8 Å². The highest BCUT2D eigenvalue weighted by Gasteiger charge is 2.25. The fourth-order valence-electron chi connectivity index (χ4n) is 5.89. The average molecular weight is 756 g/mol. The van der Waals surface area contributed by atoms with Gasteiger partial charge in [-0.15, -0.1) is 0 Å². The number of hydrogen-bond donors (Lipinski definition) is 2. The van der Waals surface area contributed by atoms with Gasteiger partial charge in [-0.2, -0.15) is 0 Å². The van der Waals surface area contributed by atoms with E-state index in [0.717, 1.165) is 51.4 Å². The van der Waals surface area contributed by atoms with Crippen molar-refractivity contribution in [1.29, 1.82) is 0 Å². The summed E-state index contributed by atoms with van der Waals surface area (Å²) in [5.74, 6) is -0.337. The van der Waals surface area contributed by atoms with E-state index in [2.05, 4.69) is 50.3 Å². The predicted molar refractivity (Wildman–Crippen MR) is 220 cm³/mol. The second-order valence-electron chi connectivity index (χ2n) is 14.2. The molecule has 0 rings (SSSR count). The second kappa shape index (κ2) is 40.9. The van der Waals surface area contributed by atoms with Gasteiger partial charge in [-0.25, -0.2) is 4.57 Å². The van der Waals surface area contributed by atoms with Gasteiger partial charge in [-0.3, -0.25) is 13.8 Å².